The number of urea groups is 1. The normalized spacial score (nSPS) is 28.6. The first-order chi connectivity index (χ1) is 12.3. The molecular weight excluding hydrogens is 316 g/mol. The smallest absolute Gasteiger partial charge is 0.317 e. The van der Waals surface area contributed by atoms with Gasteiger partial charge in [-0.15, -0.1) is 0 Å². The summed E-state index contributed by atoms with van der Waals surface area (Å²) >= 11 is 0. The summed E-state index contributed by atoms with van der Waals surface area (Å²) in [5, 5.41) is 7.43. The van der Waals surface area contributed by atoms with Crippen molar-refractivity contribution < 1.29 is 4.79 Å². The lowest BCUT2D eigenvalue weighted by atomic mass is 9.84. The molecular formula is C18H30N6O. The summed E-state index contributed by atoms with van der Waals surface area (Å²) in [7, 11) is 0. The van der Waals surface area contributed by atoms with Gasteiger partial charge in [0.1, 0.15) is 12.7 Å². The van der Waals surface area contributed by atoms with E-state index in [1.54, 1.807) is 12.7 Å². The Balaban J connectivity index is 1.15. The van der Waals surface area contributed by atoms with E-state index in [-0.39, 0.29) is 6.03 Å². The van der Waals surface area contributed by atoms with Gasteiger partial charge in [0.25, 0.3) is 0 Å². The van der Waals surface area contributed by atoms with Gasteiger partial charge in [0, 0.05) is 31.7 Å². The molecule has 0 spiro atoms. The highest BCUT2D eigenvalue weighted by Gasteiger charge is 2.36. The third kappa shape index (κ3) is 4.14. The third-order valence-electron chi connectivity index (χ3n) is 6.16. The second-order valence-corrected chi connectivity index (χ2v) is 7.92. The van der Waals surface area contributed by atoms with E-state index in [9.17, 15) is 4.79 Å². The summed E-state index contributed by atoms with van der Waals surface area (Å²) in [6.45, 7) is 5.13. The molecule has 7 nitrogen and oxygen atoms in total. The first kappa shape index (κ1) is 16.8. The molecule has 2 aliphatic heterocycles. The van der Waals surface area contributed by atoms with Crippen molar-refractivity contribution in [2.45, 2.75) is 63.6 Å². The highest BCUT2D eigenvalue weighted by Crippen LogP contribution is 2.28. The third-order valence-corrected chi connectivity index (χ3v) is 6.16. The predicted molar refractivity (Wildman–Crippen MR) is 95.1 cm³/mol. The second kappa shape index (κ2) is 7.72. The summed E-state index contributed by atoms with van der Waals surface area (Å²) in [6.07, 6.45) is 11.8. The van der Waals surface area contributed by atoms with Gasteiger partial charge in [-0.2, -0.15) is 5.10 Å². The van der Waals surface area contributed by atoms with Crippen molar-refractivity contribution in [1.82, 2.24) is 29.9 Å². The molecule has 3 aliphatic rings. The van der Waals surface area contributed by atoms with Crippen molar-refractivity contribution in [1.29, 1.82) is 0 Å². The number of amides is 2. The van der Waals surface area contributed by atoms with E-state index >= 15 is 0 Å². The largest absolute Gasteiger partial charge is 0.335 e. The van der Waals surface area contributed by atoms with Gasteiger partial charge in [0.15, 0.2) is 0 Å². The van der Waals surface area contributed by atoms with Gasteiger partial charge in [-0.05, 0) is 57.5 Å². The zero-order valence-electron chi connectivity index (χ0n) is 15.0. The number of nitrogens with one attached hydrogen (secondary N) is 1. The molecule has 3 heterocycles. The molecule has 2 amide bonds. The molecule has 1 aromatic heterocycles. The Labute approximate surface area is 149 Å². The van der Waals surface area contributed by atoms with Crippen molar-refractivity contribution in [3.05, 3.63) is 12.7 Å². The van der Waals surface area contributed by atoms with Crippen LogP contribution in [0.15, 0.2) is 12.7 Å². The molecule has 1 saturated carbocycles. The maximum Gasteiger partial charge on any atom is 0.317 e. The molecule has 0 atom stereocenters. The van der Waals surface area contributed by atoms with Crippen molar-refractivity contribution in [2.75, 3.05) is 26.2 Å². The monoisotopic (exact) mass is 346 g/mol. The van der Waals surface area contributed by atoms with Gasteiger partial charge in [0.05, 0.1) is 0 Å². The Hall–Kier alpha value is -1.63. The van der Waals surface area contributed by atoms with E-state index in [1.807, 2.05) is 9.58 Å². The molecule has 4 rings (SSSR count). The summed E-state index contributed by atoms with van der Waals surface area (Å²) in [5.74, 6) is 0.595. The van der Waals surface area contributed by atoms with Gasteiger partial charge in [-0.3, -0.25) is 4.68 Å². The van der Waals surface area contributed by atoms with Crippen LogP contribution < -0.4 is 5.32 Å². The Kier molecular flexibility index (Phi) is 5.20. The Morgan fingerprint density at radius 2 is 1.84 bits per heavy atom. The molecule has 138 valence electrons. The zero-order chi connectivity index (χ0) is 17.1. The van der Waals surface area contributed by atoms with Crippen LogP contribution in [0.5, 0.6) is 0 Å². The molecule has 1 N–H and O–H groups in total. The molecule has 25 heavy (non-hydrogen) atoms. The van der Waals surface area contributed by atoms with Gasteiger partial charge < -0.3 is 15.1 Å². The van der Waals surface area contributed by atoms with Crippen LogP contribution in [0, 0.1) is 5.92 Å². The molecule has 0 bridgehead atoms. The van der Waals surface area contributed by atoms with Gasteiger partial charge >= 0.3 is 6.03 Å². The highest BCUT2D eigenvalue weighted by molar-refractivity contribution is 5.74. The van der Waals surface area contributed by atoms with Gasteiger partial charge in [0.2, 0.25) is 0 Å². The first-order valence-electron chi connectivity index (χ1n) is 9.90. The van der Waals surface area contributed by atoms with E-state index in [0.29, 0.717) is 18.0 Å². The van der Waals surface area contributed by atoms with Crippen molar-refractivity contribution in [3.63, 3.8) is 0 Å². The topological polar surface area (TPSA) is 66.3 Å². The number of hydrogen-bond donors (Lipinski definition) is 1. The number of hydrogen-bond acceptors (Lipinski definition) is 4. The number of nitrogens with zero attached hydrogens (tertiary/aromatic N) is 5. The van der Waals surface area contributed by atoms with Crippen molar-refractivity contribution >= 4 is 6.03 Å². The molecule has 7 heteroatoms. The van der Waals surface area contributed by atoms with Crippen LogP contribution in [0.4, 0.5) is 4.79 Å². The van der Waals surface area contributed by atoms with E-state index in [4.69, 9.17) is 0 Å². The lowest BCUT2D eigenvalue weighted by Gasteiger charge is -2.45. The van der Waals surface area contributed by atoms with Crippen LogP contribution in [-0.4, -0.2) is 68.9 Å². The maximum absolute atomic E-state index is 12.5. The van der Waals surface area contributed by atoms with Crippen LogP contribution in [0.2, 0.25) is 0 Å². The predicted octanol–water partition coefficient (Wildman–Crippen LogP) is 1.72. The number of aromatic nitrogens is 3. The average molecular weight is 346 g/mol. The number of rotatable bonds is 4. The number of likely N-dealkylation sites (tertiary alicyclic amines) is 2. The van der Waals surface area contributed by atoms with Crippen LogP contribution in [-0.2, 0) is 6.54 Å². The quantitative estimate of drug-likeness (QED) is 0.901. The summed E-state index contributed by atoms with van der Waals surface area (Å²) in [4.78, 5) is 21.1. The molecule has 0 aromatic carbocycles. The van der Waals surface area contributed by atoms with Crippen LogP contribution >= 0.6 is 0 Å². The van der Waals surface area contributed by atoms with Crippen molar-refractivity contribution in [3.8, 4) is 0 Å². The van der Waals surface area contributed by atoms with E-state index in [1.165, 1.54) is 32.4 Å². The lowest BCUT2D eigenvalue weighted by Crippen LogP contribution is -2.57. The minimum absolute atomic E-state index is 0.140. The second-order valence-electron chi connectivity index (χ2n) is 7.92. The molecule has 0 radical (unpaired) electrons. The summed E-state index contributed by atoms with van der Waals surface area (Å²) in [5.41, 5.74) is 0. The van der Waals surface area contributed by atoms with Crippen LogP contribution in [0.3, 0.4) is 0 Å². The Bertz CT molecular complexity index is 542. The fourth-order valence-corrected chi connectivity index (χ4v) is 4.46. The molecule has 2 saturated heterocycles. The fourth-order valence-electron chi connectivity index (χ4n) is 4.46. The van der Waals surface area contributed by atoms with Crippen LogP contribution in [0.25, 0.3) is 0 Å². The minimum atomic E-state index is 0.140. The lowest BCUT2D eigenvalue weighted by molar-refractivity contribution is 0.0769. The average Bonchev–Trinajstić information content (AvgIpc) is 3.12. The van der Waals surface area contributed by atoms with E-state index in [2.05, 4.69) is 20.3 Å². The fraction of sp³-hybridized carbons (Fsp3) is 0.833. The minimum Gasteiger partial charge on any atom is -0.335 e. The standard InChI is InChI=1S/C18H30N6O/c25-18(21-16-10-17(11-16)22-6-2-1-3-7-22)23-8-4-15(5-9-23)12-24-14-19-13-20-24/h13-17H,1-12H2,(H,21,25). The molecule has 3 fully saturated rings. The maximum atomic E-state index is 12.5. The van der Waals surface area contributed by atoms with Gasteiger partial charge in [-0.25, -0.2) is 9.78 Å². The first-order valence-corrected chi connectivity index (χ1v) is 9.90. The number of carbonyl (C=O) groups excluding carboxylic acids is 1. The molecule has 1 aliphatic carbocycles. The number of carbonyl (C=O) groups is 1. The summed E-state index contributed by atoms with van der Waals surface area (Å²) in [6, 6.07) is 1.23. The Morgan fingerprint density at radius 1 is 1.08 bits per heavy atom. The van der Waals surface area contributed by atoms with Crippen LogP contribution in [0.1, 0.15) is 44.9 Å². The number of piperidine rings is 2. The van der Waals surface area contributed by atoms with Gasteiger partial charge in [-0.1, -0.05) is 6.42 Å². The van der Waals surface area contributed by atoms with E-state index in [0.717, 1.165) is 45.3 Å². The van der Waals surface area contributed by atoms with E-state index < -0.39 is 0 Å². The SMILES string of the molecule is O=C(NC1CC(N2CCCCC2)C1)N1CCC(Cn2cncn2)CC1. The zero-order valence-corrected chi connectivity index (χ0v) is 15.0. The Morgan fingerprint density at radius 3 is 2.52 bits per heavy atom. The summed E-state index contributed by atoms with van der Waals surface area (Å²) < 4.78 is 1.90. The van der Waals surface area contributed by atoms with Crippen molar-refractivity contribution in [2.24, 2.45) is 5.92 Å². The molecule has 0 unspecified atom stereocenters. The molecule has 1 aromatic rings. The highest BCUT2D eigenvalue weighted by atomic mass is 16.2.